The lowest BCUT2D eigenvalue weighted by molar-refractivity contribution is -0.131. The highest BCUT2D eigenvalue weighted by Crippen LogP contribution is 2.34. The lowest BCUT2D eigenvalue weighted by atomic mass is 10.2. The van der Waals surface area contributed by atoms with Gasteiger partial charge in [0.25, 0.3) is 5.91 Å². The largest absolute Gasteiger partial charge is 0.482 e. The molecule has 1 aromatic heterocycles. The van der Waals surface area contributed by atoms with E-state index < -0.39 is 0 Å². The molecule has 5 rings (SSSR count). The summed E-state index contributed by atoms with van der Waals surface area (Å²) in [4.78, 5) is 39.1. The van der Waals surface area contributed by atoms with Crippen LogP contribution in [0.5, 0.6) is 5.75 Å². The Morgan fingerprint density at radius 3 is 2.87 bits per heavy atom. The smallest absolute Gasteiger partial charge is 0.265 e. The van der Waals surface area contributed by atoms with Gasteiger partial charge >= 0.3 is 0 Å². The lowest BCUT2D eigenvalue weighted by Gasteiger charge is -2.31. The maximum atomic E-state index is 13.1. The van der Waals surface area contributed by atoms with Crippen LogP contribution < -0.4 is 14.5 Å². The molecule has 0 saturated carbocycles. The number of aromatic amines is 1. The molecule has 1 fully saturated rings. The van der Waals surface area contributed by atoms with Gasteiger partial charge in [0.1, 0.15) is 12.3 Å². The van der Waals surface area contributed by atoms with Gasteiger partial charge in [0, 0.05) is 30.7 Å². The van der Waals surface area contributed by atoms with Gasteiger partial charge in [-0.15, -0.1) is 0 Å². The van der Waals surface area contributed by atoms with Gasteiger partial charge in [-0.05, 0) is 36.8 Å². The van der Waals surface area contributed by atoms with Crippen LogP contribution in [-0.4, -0.2) is 66.0 Å². The van der Waals surface area contributed by atoms with Crippen molar-refractivity contribution in [2.75, 3.05) is 49.1 Å². The Balaban J connectivity index is 1.27. The van der Waals surface area contributed by atoms with Crippen LogP contribution in [0.15, 0.2) is 46.9 Å². The number of nitrogens with zero attached hydrogens (tertiary/aromatic N) is 4. The Kier molecular flexibility index (Phi) is 5.27. The Labute approximate surface area is 187 Å². The molecule has 3 aromatic rings. The summed E-state index contributed by atoms with van der Waals surface area (Å²) in [6.45, 7) is 2.70. The SMILES string of the molecule is O=C(CN1C(=O)COc2cc(Br)ccc21)N1CCCN(c2nc3ccccc3[nH]2)CC1. The zero-order chi connectivity index (χ0) is 21.4. The van der Waals surface area contributed by atoms with E-state index in [2.05, 4.69) is 30.8 Å². The minimum absolute atomic E-state index is 0.0153. The van der Waals surface area contributed by atoms with Gasteiger partial charge in [-0.2, -0.15) is 0 Å². The molecule has 0 bridgehead atoms. The van der Waals surface area contributed by atoms with Crippen LogP contribution >= 0.6 is 15.9 Å². The first-order valence-electron chi connectivity index (χ1n) is 10.3. The van der Waals surface area contributed by atoms with E-state index in [1.165, 1.54) is 4.90 Å². The number of hydrogen-bond acceptors (Lipinski definition) is 5. The number of nitrogens with one attached hydrogen (secondary N) is 1. The van der Waals surface area contributed by atoms with Gasteiger partial charge in [-0.3, -0.25) is 14.5 Å². The van der Waals surface area contributed by atoms with Crippen LogP contribution in [0.4, 0.5) is 11.6 Å². The van der Waals surface area contributed by atoms with Crippen LogP contribution in [0.25, 0.3) is 11.0 Å². The number of hydrogen-bond donors (Lipinski definition) is 1. The maximum absolute atomic E-state index is 13.1. The Bertz CT molecular complexity index is 1110. The van der Waals surface area contributed by atoms with Gasteiger partial charge in [0.05, 0.1) is 16.7 Å². The first-order valence-corrected chi connectivity index (χ1v) is 11.1. The molecule has 0 unspecified atom stereocenters. The number of halogens is 1. The molecular formula is C22H22BrN5O3. The molecule has 1 N–H and O–H groups in total. The summed E-state index contributed by atoms with van der Waals surface area (Å²) in [5.41, 5.74) is 2.57. The molecule has 2 amide bonds. The van der Waals surface area contributed by atoms with Crippen molar-refractivity contribution in [3.8, 4) is 5.75 Å². The summed E-state index contributed by atoms with van der Waals surface area (Å²) in [6.07, 6.45) is 0.837. The number of imidazole rings is 1. The van der Waals surface area contributed by atoms with Gasteiger partial charge < -0.3 is 19.5 Å². The number of benzene rings is 2. The van der Waals surface area contributed by atoms with E-state index in [4.69, 9.17) is 4.74 Å². The zero-order valence-corrected chi connectivity index (χ0v) is 18.5. The summed E-state index contributed by atoms with van der Waals surface area (Å²) >= 11 is 3.41. The molecule has 0 atom stereocenters. The van der Waals surface area contributed by atoms with E-state index in [1.54, 1.807) is 6.07 Å². The molecular weight excluding hydrogens is 462 g/mol. The van der Waals surface area contributed by atoms with Gasteiger partial charge in [0.2, 0.25) is 11.9 Å². The molecule has 9 heteroatoms. The molecule has 31 heavy (non-hydrogen) atoms. The first kappa shape index (κ1) is 19.9. The zero-order valence-electron chi connectivity index (χ0n) is 16.9. The third-order valence-electron chi connectivity index (χ3n) is 5.68. The fraction of sp³-hybridized carbons (Fsp3) is 0.318. The van der Waals surface area contributed by atoms with Crippen molar-refractivity contribution >= 4 is 50.4 Å². The van der Waals surface area contributed by atoms with Crippen LogP contribution in [0.2, 0.25) is 0 Å². The van der Waals surface area contributed by atoms with Gasteiger partial charge in [-0.1, -0.05) is 28.1 Å². The molecule has 160 valence electrons. The predicted molar refractivity (Wildman–Crippen MR) is 121 cm³/mol. The number of carbonyl (C=O) groups is 2. The fourth-order valence-electron chi connectivity index (χ4n) is 4.05. The molecule has 3 heterocycles. The minimum atomic E-state index is -0.207. The average Bonchev–Trinajstić information content (AvgIpc) is 3.04. The second-order valence-corrected chi connectivity index (χ2v) is 8.60. The van der Waals surface area contributed by atoms with Crippen molar-refractivity contribution in [2.24, 2.45) is 0 Å². The number of amides is 2. The maximum Gasteiger partial charge on any atom is 0.265 e. The van der Waals surface area contributed by atoms with E-state index in [9.17, 15) is 9.59 Å². The molecule has 0 radical (unpaired) electrons. The highest BCUT2D eigenvalue weighted by molar-refractivity contribution is 9.10. The van der Waals surface area contributed by atoms with Crippen molar-refractivity contribution in [3.63, 3.8) is 0 Å². The van der Waals surface area contributed by atoms with E-state index in [0.717, 1.165) is 34.4 Å². The second kappa shape index (κ2) is 8.22. The number of aromatic nitrogens is 2. The Hall–Kier alpha value is -3.07. The molecule has 2 aliphatic heterocycles. The molecule has 0 spiro atoms. The van der Waals surface area contributed by atoms with Crippen LogP contribution in [0, 0.1) is 0 Å². The summed E-state index contributed by atoms with van der Waals surface area (Å²) in [5, 5.41) is 0. The molecule has 0 aliphatic carbocycles. The fourth-order valence-corrected chi connectivity index (χ4v) is 4.39. The van der Waals surface area contributed by atoms with Crippen molar-refractivity contribution in [1.82, 2.24) is 14.9 Å². The summed E-state index contributed by atoms with van der Waals surface area (Å²) < 4.78 is 6.38. The summed E-state index contributed by atoms with van der Waals surface area (Å²) in [5.74, 6) is 1.17. The van der Waals surface area contributed by atoms with Crippen molar-refractivity contribution in [2.45, 2.75) is 6.42 Å². The third kappa shape index (κ3) is 3.97. The van der Waals surface area contributed by atoms with Crippen LogP contribution in [0.1, 0.15) is 6.42 Å². The number of fused-ring (bicyclic) bond motifs is 2. The topological polar surface area (TPSA) is 81.8 Å². The van der Waals surface area contributed by atoms with Crippen molar-refractivity contribution in [3.05, 3.63) is 46.9 Å². The number of ether oxygens (including phenoxy) is 1. The monoisotopic (exact) mass is 483 g/mol. The highest BCUT2D eigenvalue weighted by atomic mass is 79.9. The molecule has 2 aromatic carbocycles. The van der Waals surface area contributed by atoms with E-state index >= 15 is 0 Å². The summed E-state index contributed by atoms with van der Waals surface area (Å²) in [7, 11) is 0. The van der Waals surface area contributed by atoms with Crippen LogP contribution in [-0.2, 0) is 9.59 Å². The van der Waals surface area contributed by atoms with Gasteiger partial charge in [-0.25, -0.2) is 4.98 Å². The number of H-pyrrole nitrogens is 1. The normalized spacial score (nSPS) is 16.8. The van der Waals surface area contributed by atoms with Gasteiger partial charge in [0.15, 0.2) is 6.61 Å². The van der Waals surface area contributed by atoms with E-state index in [-0.39, 0.29) is 25.0 Å². The van der Waals surface area contributed by atoms with Crippen LogP contribution in [0.3, 0.4) is 0 Å². The second-order valence-electron chi connectivity index (χ2n) is 7.68. The molecule has 8 nitrogen and oxygen atoms in total. The first-order chi connectivity index (χ1) is 15.1. The lowest BCUT2D eigenvalue weighted by Crippen LogP contribution is -2.47. The third-order valence-corrected chi connectivity index (χ3v) is 6.18. The minimum Gasteiger partial charge on any atom is -0.482 e. The average molecular weight is 484 g/mol. The quantitative estimate of drug-likeness (QED) is 0.619. The van der Waals surface area contributed by atoms with E-state index in [0.29, 0.717) is 31.1 Å². The number of para-hydroxylation sites is 2. The molecule has 1 saturated heterocycles. The summed E-state index contributed by atoms with van der Waals surface area (Å²) in [6, 6.07) is 13.4. The number of carbonyl (C=O) groups excluding carboxylic acids is 2. The highest BCUT2D eigenvalue weighted by Gasteiger charge is 2.30. The number of rotatable bonds is 3. The predicted octanol–water partition coefficient (Wildman–Crippen LogP) is 2.79. The van der Waals surface area contributed by atoms with Crippen molar-refractivity contribution in [1.29, 1.82) is 0 Å². The molecule has 2 aliphatic rings. The van der Waals surface area contributed by atoms with E-state index in [1.807, 2.05) is 41.3 Å². The number of anilines is 2. The Morgan fingerprint density at radius 1 is 1.13 bits per heavy atom. The van der Waals surface area contributed by atoms with Crippen molar-refractivity contribution < 1.29 is 14.3 Å². The Morgan fingerprint density at radius 2 is 2.00 bits per heavy atom. The standard InChI is InChI=1S/C22H22BrN5O3/c23-15-6-7-18-19(12-15)31-14-21(30)28(18)13-20(29)26-8-3-9-27(11-10-26)22-24-16-4-1-2-5-17(16)25-22/h1-2,4-7,12H,3,8-11,13-14H2,(H,24,25).